The molecule has 0 aromatic rings. The van der Waals surface area contributed by atoms with Gasteiger partial charge in [-0.3, -0.25) is 4.79 Å². The van der Waals surface area contributed by atoms with Gasteiger partial charge in [0.1, 0.15) is 0 Å². The second-order valence-electron chi connectivity index (χ2n) is 6.48. The third kappa shape index (κ3) is 4.27. The Morgan fingerprint density at radius 1 is 1.28 bits per heavy atom. The quantitative estimate of drug-likeness (QED) is 0.734. The van der Waals surface area contributed by atoms with Gasteiger partial charge in [-0.25, -0.2) is 0 Å². The predicted molar refractivity (Wildman–Crippen MR) is 76.2 cm³/mol. The number of nitrogens with two attached hydrogens (primary N) is 1. The van der Waals surface area contributed by atoms with Gasteiger partial charge in [-0.2, -0.15) is 0 Å². The molecule has 3 nitrogen and oxygen atoms in total. The van der Waals surface area contributed by atoms with Crippen LogP contribution >= 0.6 is 0 Å². The number of rotatable bonds is 7. The first kappa shape index (κ1) is 15.5. The van der Waals surface area contributed by atoms with E-state index in [1.165, 1.54) is 12.8 Å². The Kier molecular flexibility index (Phi) is 6.13. The Hall–Kier alpha value is -0.570. The summed E-state index contributed by atoms with van der Waals surface area (Å²) in [4.78, 5) is 12.5. The zero-order valence-corrected chi connectivity index (χ0v) is 12.3. The van der Waals surface area contributed by atoms with E-state index in [4.69, 9.17) is 5.73 Å². The van der Waals surface area contributed by atoms with Crippen molar-refractivity contribution < 1.29 is 4.79 Å². The molecule has 18 heavy (non-hydrogen) atoms. The summed E-state index contributed by atoms with van der Waals surface area (Å²) in [5.74, 6) is 1.37. The standard InChI is InChI=1S/C15H30N2O/c1-12(2)10-15(7-4-5-8-15)14(18)17-11-13(3)6-9-16/h12-13H,4-11,16H2,1-3H3,(H,17,18). The highest BCUT2D eigenvalue weighted by molar-refractivity contribution is 5.82. The predicted octanol–water partition coefficient (Wildman–Crippen LogP) is 2.69. The molecule has 3 heteroatoms. The fraction of sp³-hybridized carbons (Fsp3) is 0.933. The molecule has 1 fully saturated rings. The van der Waals surface area contributed by atoms with Crippen molar-refractivity contribution in [3.63, 3.8) is 0 Å². The summed E-state index contributed by atoms with van der Waals surface area (Å²) in [6.45, 7) is 8.05. The Bertz CT molecular complexity index is 257. The van der Waals surface area contributed by atoms with Crippen LogP contribution < -0.4 is 11.1 Å². The minimum atomic E-state index is -0.0728. The molecule has 1 aliphatic carbocycles. The van der Waals surface area contributed by atoms with Gasteiger partial charge in [0.05, 0.1) is 0 Å². The molecular weight excluding hydrogens is 224 g/mol. The number of nitrogens with one attached hydrogen (secondary N) is 1. The minimum Gasteiger partial charge on any atom is -0.355 e. The summed E-state index contributed by atoms with van der Waals surface area (Å²) in [5.41, 5.74) is 5.46. The van der Waals surface area contributed by atoms with Crippen molar-refractivity contribution in [2.75, 3.05) is 13.1 Å². The minimum absolute atomic E-state index is 0.0728. The van der Waals surface area contributed by atoms with Gasteiger partial charge in [-0.15, -0.1) is 0 Å². The molecule has 1 unspecified atom stereocenters. The fourth-order valence-corrected chi connectivity index (χ4v) is 3.20. The lowest BCUT2D eigenvalue weighted by Crippen LogP contribution is -2.42. The zero-order chi connectivity index (χ0) is 13.6. The van der Waals surface area contributed by atoms with Gasteiger partial charge in [0, 0.05) is 12.0 Å². The molecule has 0 aromatic carbocycles. The van der Waals surface area contributed by atoms with E-state index in [2.05, 4.69) is 26.1 Å². The van der Waals surface area contributed by atoms with Gasteiger partial charge in [0.2, 0.25) is 5.91 Å². The van der Waals surface area contributed by atoms with E-state index in [0.717, 1.165) is 32.2 Å². The normalized spacial score (nSPS) is 20.1. The molecule has 1 amide bonds. The average Bonchev–Trinajstić information content (AvgIpc) is 2.75. The molecule has 0 saturated heterocycles. The van der Waals surface area contributed by atoms with Gasteiger partial charge in [0.15, 0.2) is 0 Å². The van der Waals surface area contributed by atoms with Crippen LogP contribution in [0.15, 0.2) is 0 Å². The van der Waals surface area contributed by atoms with Gasteiger partial charge < -0.3 is 11.1 Å². The Morgan fingerprint density at radius 2 is 1.89 bits per heavy atom. The Balaban J connectivity index is 2.50. The molecule has 0 heterocycles. The van der Waals surface area contributed by atoms with Crippen molar-refractivity contribution in [2.24, 2.45) is 23.0 Å². The van der Waals surface area contributed by atoms with Crippen LogP contribution in [0.5, 0.6) is 0 Å². The van der Waals surface area contributed by atoms with Crippen molar-refractivity contribution in [3.8, 4) is 0 Å². The highest BCUT2D eigenvalue weighted by Crippen LogP contribution is 2.43. The zero-order valence-electron chi connectivity index (χ0n) is 12.3. The van der Waals surface area contributed by atoms with Crippen molar-refractivity contribution in [1.82, 2.24) is 5.32 Å². The fourth-order valence-electron chi connectivity index (χ4n) is 3.20. The van der Waals surface area contributed by atoms with E-state index in [1.54, 1.807) is 0 Å². The molecule has 0 radical (unpaired) electrons. The van der Waals surface area contributed by atoms with Crippen molar-refractivity contribution in [1.29, 1.82) is 0 Å². The Labute approximate surface area is 112 Å². The maximum Gasteiger partial charge on any atom is 0.226 e. The van der Waals surface area contributed by atoms with Crippen molar-refractivity contribution >= 4 is 5.91 Å². The molecule has 106 valence electrons. The maximum absolute atomic E-state index is 12.5. The second kappa shape index (κ2) is 7.13. The number of amides is 1. The van der Waals surface area contributed by atoms with Crippen LogP contribution in [-0.2, 0) is 4.79 Å². The molecular formula is C15H30N2O. The Morgan fingerprint density at radius 3 is 2.39 bits per heavy atom. The number of hydrogen-bond donors (Lipinski definition) is 2. The number of carbonyl (C=O) groups is 1. The first-order chi connectivity index (χ1) is 8.50. The highest BCUT2D eigenvalue weighted by atomic mass is 16.2. The molecule has 1 atom stereocenters. The van der Waals surface area contributed by atoms with Crippen LogP contribution in [0.1, 0.15) is 59.3 Å². The molecule has 0 aliphatic heterocycles. The van der Waals surface area contributed by atoms with Crippen LogP contribution in [0.3, 0.4) is 0 Å². The molecule has 1 rings (SSSR count). The van der Waals surface area contributed by atoms with E-state index in [0.29, 0.717) is 18.4 Å². The number of hydrogen-bond acceptors (Lipinski definition) is 2. The first-order valence-electron chi connectivity index (χ1n) is 7.48. The summed E-state index contributed by atoms with van der Waals surface area (Å²) in [6.07, 6.45) is 6.57. The monoisotopic (exact) mass is 254 g/mol. The van der Waals surface area contributed by atoms with E-state index < -0.39 is 0 Å². The average molecular weight is 254 g/mol. The van der Waals surface area contributed by atoms with E-state index in [9.17, 15) is 4.79 Å². The SMILES string of the molecule is CC(C)CC1(C(=O)NCC(C)CCN)CCCC1. The number of carbonyl (C=O) groups excluding carboxylic acids is 1. The van der Waals surface area contributed by atoms with E-state index >= 15 is 0 Å². The topological polar surface area (TPSA) is 55.1 Å². The summed E-state index contributed by atoms with van der Waals surface area (Å²) in [7, 11) is 0. The third-order valence-corrected chi connectivity index (χ3v) is 4.11. The van der Waals surface area contributed by atoms with Crippen LogP contribution in [-0.4, -0.2) is 19.0 Å². The summed E-state index contributed by atoms with van der Waals surface area (Å²) >= 11 is 0. The lowest BCUT2D eigenvalue weighted by molar-refractivity contribution is -0.132. The molecule has 0 spiro atoms. The van der Waals surface area contributed by atoms with Crippen LogP contribution in [0.25, 0.3) is 0 Å². The second-order valence-corrected chi connectivity index (χ2v) is 6.48. The van der Waals surface area contributed by atoms with E-state index in [-0.39, 0.29) is 11.3 Å². The van der Waals surface area contributed by atoms with Gasteiger partial charge in [0.25, 0.3) is 0 Å². The van der Waals surface area contributed by atoms with Crippen molar-refractivity contribution in [2.45, 2.75) is 59.3 Å². The molecule has 1 aliphatic rings. The summed E-state index contributed by atoms with van der Waals surface area (Å²) in [6, 6.07) is 0. The third-order valence-electron chi connectivity index (χ3n) is 4.11. The van der Waals surface area contributed by atoms with Crippen LogP contribution in [0, 0.1) is 17.3 Å². The largest absolute Gasteiger partial charge is 0.355 e. The lowest BCUT2D eigenvalue weighted by Gasteiger charge is -2.30. The molecule has 3 N–H and O–H groups in total. The molecule has 0 aromatic heterocycles. The maximum atomic E-state index is 12.5. The summed E-state index contributed by atoms with van der Waals surface area (Å²) in [5, 5.41) is 3.16. The van der Waals surface area contributed by atoms with Crippen LogP contribution in [0.2, 0.25) is 0 Å². The van der Waals surface area contributed by atoms with Gasteiger partial charge in [-0.1, -0.05) is 33.6 Å². The lowest BCUT2D eigenvalue weighted by atomic mass is 9.77. The van der Waals surface area contributed by atoms with Gasteiger partial charge in [-0.05, 0) is 44.1 Å². The molecule has 0 bridgehead atoms. The smallest absolute Gasteiger partial charge is 0.226 e. The van der Waals surface area contributed by atoms with Crippen LogP contribution in [0.4, 0.5) is 0 Å². The summed E-state index contributed by atoms with van der Waals surface area (Å²) < 4.78 is 0. The molecule has 1 saturated carbocycles. The van der Waals surface area contributed by atoms with Crippen molar-refractivity contribution in [3.05, 3.63) is 0 Å². The first-order valence-corrected chi connectivity index (χ1v) is 7.48. The van der Waals surface area contributed by atoms with Gasteiger partial charge >= 0.3 is 0 Å². The highest BCUT2D eigenvalue weighted by Gasteiger charge is 2.41. The van der Waals surface area contributed by atoms with E-state index in [1.807, 2.05) is 0 Å².